The zero-order chi connectivity index (χ0) is 15.3. The van der Waals surface area contributed by atoms with Gasteiger partial charge in [0.2, 0.25) is 5.91 Å². The number of carbonyl (C=O) groups is 2. The highest BCUT2D eigenvalue weighted by atomic mass is 16.3. The molecule has 3 N–H and O–H groups in total. The molecule has 0 saturated heterocycles. The van der Waals surface area contributed by atoms with Crippen molar-refractivity contribution >= 4 is 17.5 Å². The van der Waals surface area contributed by atoms with Crippen molar-refractivity contribution in [2.24, 2.45) is 5.92 Å². The second-order valence-electron chi connectivity index (χ2n) is 5.19. The number of aliphatic hydroxyl groups excluding tert-OH is 1. The summed E-state index contributed by atoms with van der Waals surface area (Å²) < 4.78 is 0. The van der Waals surface area contributed by atoms with Crippen LogP contribution in [0, 0.1) is 12.8 Å². The summed E-state index contributed by atoms with van der Waals surface area (Å²) in [5.74, 6) is -0.550. The fraction of sp³-hybridized carbons (Fsp3) is 0.467. The number of hydrogen-bond acceptors (Lipinski definition) is 3. The topological polar surface area (TPSA) is 78.4 Å². The highest BCUT2D eigenvalue weighted by Gasteiger charge is 2.17. The van der Waals surface area contributed by atoms with E-state index in [4.69, 9.17) is 0 Å². The van der Waals surface area contributed by atoms with Gasteiger partial charge in [0.05, 0.1) is 23.8 Å². The van der Waals surface area contributed by atoms with Gasteiger partial charge in [-0.25, -0.2) is 0 Å². The van der Waals surface area contributed by atoms with Gasteiger partial charge < -0.3 is 15.7 Å². The molecule has 1 aromatic rings. The molecule has 0 aliphatic rings. The molecular formula is C15H22N2O3. The smallest absolute Gasteiger partial charge is 0.253 e. The molecule has 1 unspecified atom stereocenters. The van der Waals surface area contributed by atoms with Gasteiger partial charge in [0.25, 0.3) is 5.91 Å². The lowest BCUT2D eigenvalue weighted by Gasteiger charge is -2.15. The van der Waals surface area contributed by atoms with Gasteiger partial charge in [-0.05, 0) is 25.0 Å². The van der Waals surface area contributed by atoms with Crippen LogP contribution in [0.3, 0.4) is 0 Å². The predicted octanol–water partition coefficient (Wildman–Crippen LogP) is 1.70. The normalized spacial score (nSPS) is 12.1. The number of carbonyl (C=O) groups excluding carboxylic acids is 2. The van der Waals surface area contributed by atoms with Crippen LogP contribution in [-0.4, -0.2) is 30.1 Å². The first-order chi connectivity index (χ1) is 9.35. The molecule has 0 saturated carbocycles. The fourth-order valence-corrected chi connectivity index (χ4v) is 1.72. The van der Waals surface area contributed by atoms with E-state index >= 15 is 0 Å². The number of rotatable bonds is 5. The van der Waals surface area contributed by atoms with Crippen LogP contribution in [0.15, 0.2) is 18.2 Å². The molecule has 5 heteroatoms. The van der Waals surface area contributed by atoms with Crippen LogP contribution < -0.4 is 10.6 Å². The summed E-state index contributed by atoms with van der Waals surface area (Å²) in [5.41, 5.74) is 1.81. The quantitative estimate of drug-likeness (QED) is 0.767. The minimum Gasteiger partial charge on any atom is -0.392 e. The summed E-state index contributed by atoms with van der Waals surface area (Å²) >= 11 is 0. The Morgan fingerprint density at radius 2 is 1.95 bits per heavy atom. The molecule has 1 atom stereocenters. The van der Waals surface area contributed by atoms with E-state index in [1.165, 1.54) is 0 Å². The van der Waals surface area contributed by atoms with Gasteiger partial charge in [-0.1, -0.05) is 25.5 Å². The third-order valence-corrected chi connectivity index (χ3v) is 3.08. The average Bonchev–Trinajstić information content (AvgIpc) is 2.39. The largest absolute Gasteiger partial charge is 0.392 e. The maximum Gasteiger partial charge on any atom is 0.253 e. The van der Waals surface area contributed by atoms with E-state index in [0.717, 1.165) is 5.56 Å². The predicted molar refractivity (Wildman–Crippen MR) is 78.7 cm³/mol. The number of anilines is 1. The SMILES string of the molecule is CNC(=O)c1cc(C)ccc1NC(=O)CC(O)C(C)C. The Balaban J connectivity index is 2.87. The van der Waals surface area contributed by atoms with Crippen molar-refractivity contribution in [3.63, 3.8) is 0 Å². The summed E-state index contributed by atoms with van der Waals surface area (Å²) in [6.45, 7) is 5.57. The van der Waals surface area contributed by atoms with Gasteiger partial charge in [0, 0.05) is 7.05 Å². The molecule has 1 aromatic carbocycles. The molecule has 0 bridgehead atoms. The second kappa shape index (κ2) is 7.05. The van der Waals surface area contributed by atoms with E-state index in [9.17, 15) is 14.7 Å². The Hall–Kier alpha value is -1.88. The number of hydrogen-bond donors (Lipinski definition) is 3. The zero-order valence-electron chi connectivity index (χ0n) is 12.4. The first kappa shape index (κ1) is 16.2. The lowest BCUT2D eigenvalue weighted by atomic mass is 10.0. The van der Waals surface area contributed by atoms with E-state index in [1.54, 1.807) is 19.2 Å². The number of aliphatic hydroxyl groups is 1. The summed E-state index contributed by atoms with van der Waals surface area (Å²) in [4.78, 5) is 23.7. The summed E-state index contributed by atoms with van der Waals surface area (Å²) in [6, 6.07) is 5.23. The van der Waals surface area contributed by atoms with Gasteiger partial charge >= 0.3 is 0 Å². The molecule has 0 aliphatic carbocycles. The third-order valence-electron chi connectivity index (χ3n) is 3.08. The summed E-state index contributed by atoms with van der Waals surface area (Å²) in [7, 11) is 1.54. The molecule has 0 radical (unpaired) electrons. The van der Waals surface area contributed by atoms with Crippen LogP contribution in [0.1, 0.15) is 36.2 Å². The van der Waals surface area contributed by atoms with E-state index in [2.05, 4.69) is 10.6 Å². The summed E-state index contributed by atoms with van der Waals surface area (Å²) in [5, 5.41) is 14.9. The molecule has 0 heterocycles. The number of nitrogens with one attached hydrogen (secondary N) is 2. The van der Waals surface area contributed by atoms with Crippen molar-refractivity contribution in [1.82, 2.24) is 5.32 Å². The third kappa shape index (κ3) is 4.35. The van der Waals surface area contributed by atoms with Crippen molar-refractivity contribution in [3.05, 3.63) is 29.3 Å². The van der Waals surface area contributed by atoms with Crippen molar-refractivity contribution in [1.29, 1.82) is 0 Å². The number of benzene rings is 1. The highest BCUT2D eigenvalue weighted by Crippen LogP contribution is 2.18. The van der Waals surface area contributed by atoms with Crippen LogP contribution in [-0.2, 0) is 4.79 Å². The van der Waals surface area contributed by atoms with Crippen molar-refractivity contribution in [2.45, 2.75) is 33.3 Å². The first-order valence-corrected chi connectivity index (χ1v) is 6.65. The van der Waals surface area contributed by atoms with Gasteiger partial charge in [0.1, 0.15) is 0 Å². The van der Waals surface area contributed by atoms with Gasteiger partial charge in [-0.3, -0.25) is 9.59 Å². The minimum absolute atomic E-state index is 0.0113. The maximum absolute atomic E-state index is 11.9. The lowest BCUT2D eigenvalue weighted by Crippen LogP contribution is -2.25. The summed E-state index contributed by atoms with van der Waals surface area (Å²) in [6.07, 6.45) is -0.678. The Morgan fingerprint density at radius 3 is 2.50 bits per heavy atom. The number of amides is 2. The van der Waals surface area contributed by atoms with Crippen LogP contribution in [0.2, 0.25) is 0 Å². The van der Waals surface area contributed by atoms with Crippen LogP contribution >= 0.6 is 0 Å². The Bertz CT molecular complexity index is 498. The monoisotopic (exact) mass is 278 g/mol. The van der Waals surface area contributed by atoms with E-state index in [1.807, 2.05) is 26.8 Å². The van der Waals surface area contributed by atoms with Crippen molar-refractivity contribution in [2.75, 3.05) is 12.4 Å². The van der Waals surface area contributed by atoms with Crippen molar-refractivity contribution in [3.8, 4) is 0 Å². The van der Waals surface area contributed by atoms with Crippen LogP contribution in [0.25, 0.3) is 0 Å². The fourth-order valence-electron chi connectivity index (χ4n) is 1.72. The molecule has 0 fully saturated rings. The van der Waals surface area contributed by atoms with E-state index < -0.39 is 6.10 Å². The van der Waals surface area contributed by atoms with Gasteiger partial charge in [-0.2, -0.15) is 0 Å². The molecule has 0 aliphatic heterocycles. The molecule has 5 nitrogen and oxygen atoms in total. The molecule has 20 heavy (non-hydrogen) atoms. The van der Waals surface area contributed by atoms with E-state index in [-0.39, 0.29) is 24.2 Å². The standard InChI is InChI=1S/C15H22N2O3/c1-9(2)13(18)8-14(19)17-12-6-5-10(3)7-11(12)15(20)16-4/h5-7,9,13,18H,8H2,1-4H3,(H,16,20)(H,17,19). The highest BCUT2D eigenvalue weighted by molar-refractivity contribution is 6.03. The molecule has 110 valence electrons. The number of aryl methyl sites for hydroxylation is 1. The van der Waals surface area contributed by atoms with Crippen molar-refractivity contribution < 1.29 is 14.7 Å². The second-order valence-corrected chi connectivity index (χ2v) is 5.19. The van der Waals surface area contributed by atoms with Gasteiger partial charge in [0.15, 0.2) is 0 Å². The Kier molecular flexibility index (Phi) is 5.70. The van der Waals surface area contributed by atoms with Crippen LogP contribution in [0.5, 0.6) is 0 Å². The molecule has 2 amide bonds. The average molecular weight is 278 g/mol. The lowest BCUT2D eigenvalue weighted by molar-refractivity contribution is -0.118. The molecule has 1 rings (SSSR count). The maximum atomic E-state index is 11.9. The molecule has 0 aromatic heterocycles. The zero-order valence-corrected chi connectivity index (χ0v) is 12.4. The molecular weight excluding hydrogens is 256 g/mol. The van der Waals surface area contributed by atoms with Gasteiger partial charge in [-0.15, -0.1) is 0 Å². The van der Waals surface area contributed by atoms with E-state index in [0.29, 0.717) is 11.3 Å². The Morgan fingerprint density at radius 1 is 1.30 bits per heavy atom. The first-order valence-electron chi connectivity index (χ1n) is 6.65. The Labute approximate surface area is 119 Å². The molecule has 0 spiro atoms. The minimum atomic E-state index is -0.691. The van der Waals surface area contributed by atoms with Crippen LogP contribution in [0.4, 0.5) is 5.69 Å².